The van der Waals surface area contributed by atoms with Crippen LogP contribution in [0.4, 0.5) is 13.6 Å². The maximum atomic E-state index is 16.1. The minimum Gasteiger partial charge on any atom is -0.494 e. The number of carbonyl (C=O) groups is 3. The molecule has 53 heavy (non-hydrogen) atoms. The summed E-state index contributed by atoms with van der Waals surface area (Å²) in [5.74, 6) is -3.16. The molecule has 3 aromatic rings. The van der Waals surface area contributed by atoms with Crippen LogP contribution in [0.25, 0.3) is 11.1 Å². The molecule has 2 aliphatic rings. The van der Waals surface area contributed by atoms with Gasteiger partial charge in [-0.05, 0) is 70.6 Å². The second-order valence-corrected chi connectivity index (χ2v) is 15.3. The molecule has 2 atom stereocenters. The van der Waals surface area contributed by atoms with E-state index in [2.05, 4.69) is 10.6 Å². The van der Waals surface area contributed by atoms with Gasteiger partial charge in [-0.3, -0.25) is 9.59 Å². The second-order valence-electron chi connectivity index (χ2n) is 14.9. The average Bonchev–Trinajstić information content (AvgIpc) is 3.40. The highest BCUT2D eigenvalue weighted by Crippen LogP contribution is 2.56. The van der Waals surface area contributed by atoms with Gasteiger partial charge in [0, 0.05) is 67.3 Å². The predicted molar refractivity (Wildman–Crippen MR) is 199 cm³/mol. The molecule has 13 heteroatoms. The summed E-state index contributed by atoms with van der Waals surface area (Å²) in [6.45, 7) is 8.54. The molecule has 0 spiro atoms. The number of hydrogen-bond donors (Lipinski definition) is 3. The number of benzene rings is 3. The number of ether oxygens (including phenoxy) is 3. The van der Waals surface area contributed by atoms with Crippen LogP contribution >= 0.6 is 11.6 Å². The highest BCUT2D eigenvalue weighted by atomic mass is 35.5. The standard InChI is InChI=1S/C40H49ClF2N4O6/c1-23-31-30(21-28(42)34(41)33(31)32-27(36(44)48)17-18-29(51-6)35(32)43)52-40(23,25-11-8-7-9-12-25)22-46-26-15-13-24(14-16-26)37(49)47(5)20-10-19-45-38(50)53-39(2,3)4/h7-9,11-12,17-18,21,23-24,26,46H,10,13-16,19-20,22H2,1-6H3,(H2,44,48)(H,45,50)/t23-,24?,26?,40-/m0/s1. The molecule has 5 rings (SSSR count). The van der Waals surface area contributed by atoms with Crippen LogP contribution in [-0.4, -0.2) is 68.2 Å². The minimum atomic E-state index is -1.07. The highest BCUT2D eigenvalue weighted by Gasteiger charge is 2.50. The van der Waals surface area contributed by atoms with Crippen LogP contribution < -0.4 is 25.8 Å². The Labute approximate surface area is 314 Å². The van der Waals surface area contributed by atoms with Crippen LogP contribution in [0.3, 0.4) is 0 Å². The zero-order valence-corrected chi connectivity index (χ0v) is 31.9. The van der Waals surface area contributed by atoms with Gasteiger partial charge in [0.05, 0.1) is 17.7 Å². The molecule has 10 nitrogen and oxygen atoms in total. The van der Waals surface area contributed by atoms with Crippen LogP contribution in [0.5, 0.6) is 11.5 Å². The molecular weight excluding hydrogens is 706 g/mol. The Balaban J connectivity index is 1.32. The van der Waals surface area contributed by atoms with E-state index in [-0.39, 0.29) is 51.1 Å². The SMILES string of the molecule is COc1ccc(C(N)=O)c(-c2c(Cl)c(F)cc3c2[C@H](C)[C@@](CNC2CCC(C(=O)N(C)CCCNC(=O)OC(C)(C)C)CC2)(c2ccccc2)O3)c1F. The third-order valence-corrected chi connectivity index (χ3v) is 10.6. The van der Waals surface area contributed by atoms with Crippen molar-refractivity contribution in [2.24, 2.45) is 11.7 Å². The lowest BCUT2D eigenvalue weighted by Gasteiger charge is -2.37. The zero-order chi connectivity index (χ0) is 38.7. The summed E-state index contributed by atoms with van der Waals surface area (Å²) in [6, 6.07) is 13.4. The number of amides is 3. The summed E-state index contributed by atoms with van der Waals surface area (Å²) in [5, 5.41) is 6.04. The molecule has 0 unspecified atom stereocenters. The van der Waals surface area contributed by atoms with E-state index >= 15 is 8.78 Å². The maximum Gasteiger partial charge on any atom is 0.407 e. The lowest BCUT2D eigenvalue weighted by molar-refractivity contribution is -0.135. The largest absolute Gasteiger partial charge is 0.494 e. The third kappa shape index (κ3) is 8.54. The number of hydrogen-bond acceptors (Lipinski definition) is 7. The molecule has 0 aromatic heterocycles. The number of fused-ring (bicyclic) bond motifs is 1. The smallest absolute Gasteiger partial charge is 0.407 e. The van der Waals surface area contributed by atoms with Crippen molar-refractivity contribution in [2.75, 3.05) is 33.8 Å². The molecule has 1 aliphatic carbocycles. The van der Waals surface area contributed by atoms with Crippen LogP contribution in [0.1, 0.15) is 87.2 Å². The Morgan fingerprint density at radius 1 is 1.06 bits per heavy atom. The lowest BCUT2D eigenvalue weighted by Crippen LogP contribution is -2.48. The van der Waals surface area contributed by atoms with Gasteiger partial charge < -0.3 is 35.5 Å². The zero-order valence-electron chi connectivity index (χ0n) is 31.1. The normalized spacial score (nSPS) is 21.0. The molecule has 0 bridgehead atoms. The number of alkyl carbamates (subject to hydrolysis) is 1. The van der Waals surface area contributed by atoms with E-state index < -0.39 is 40.8 Å². The predicted octanol–water partition coefficient (Wildman–Crippen LogP) is 7.31. The minimum absolute atomic E-state index is 0.0130. The Kier molecular flexibility index (Phi) is 12.2. The first kappa shape index (κ1) is 39.8. The van der Waals surface area contributed by atoms with Gasteiger partial charge in [0.1, 0.15) is 17.2 Å². The number of nitrogens with zero attached hydrogens (tertiary/aromatic N) is 1. The van der Waals surface area contributed by atoms with Crippen LogP contribution in [0.2, 0.25) is 5.02 Å². The Bertz CT molecular complexity index is 1830. The van der Waals surface area contributed by atoms with Crippen molar-refractivity contribution < 1.29 is 37.4 Å². The molecule has 1 heterocycles. The van der Waals surface area contributed by atoms with Crippen LogP contribution in [0, 0.1) is 17.6 Å². The van der Waals surface area contributed by atoms with E-state index in [1.54, 1.807) is 32.7 Å². The number of primary amides is 1. The molecule has 3 amide bonds. The molecule has 1 aliphatic heterocycles. The molecule has 0 saturated heterocycles. The fraction of sp³-hybridized carbons (Fsp3) is 0.475. The summed E-state index contributed by atoms with van der Waals surface area (Å²) in [4.78, 5) is 39.5. The van der Waals surface area contributed by atoms with E-state index in [9.17, 15) is 14.4 Å². The first-order valence-electron chi connectivity index (χ1n) is 18.0. The topological polar surface area (TPSA) is 132 Å². The van der Waals surface area contributed by atoms with Crippen molar-refractivity contribution in [1.29, 1.82) is 0 Å². The molecular formula is C40H49ClF2N4O6. The van der Waals surface area contributed by atoms with Gasteiger partial charge in [-0.2, -0.15) is 0 Å². The third-order valence-electron chi connectivity index (χ3n) is 10.2. The Morgan fingerprint density at radius 2 is 1.74 bits per heavy atom. The number of halogens is 3. The van der Waals surface area contributed by atoms with Gasteiger partial charge in [-0.1, -0.05) is 48.9 Å². The number of methoxy groups -OCH3 is 1. The van der Waals surface area contributed by atoms with Gasteiger partial charge in [0.15, 0.2) is 17.2 Å². The van der Waals surface area contributed by atoms with Gasteiger partial charge in [0.25, 0.3) is 0 Å². The van der Waals surface area contributed by atoms with Crippen molar-refractivity contribution in [1.82, 2.24) is 15.5 Å². The van der Waals surface area contributed by atoms with Crippen LogP contribution in [0.15, 0.2) is 48.5 Å². The molecule has 286 valence electrons. The summed E-state index contributed by atoms with van der Waals surface area (Å²) < 4.78 is 48.9. The first-order chi connectivity index (χ1) is 25.1. The maximum absolute atomic E-state index is 16.1. The fourth-order valence-electron chi connectivity index (χ4n) is 7.46. The monoisotopic (exact) mass is 754 g/mol. The Morgan fingerprint density at radius 3 is 2.36 bits per heavy atom. The molecule has 4 N–H and O–H groups in total. The lowest BCUT2D eigenvalue weighted by atomic mass is 9.77. The molecule has 0 radical (unpaired) electrons. The number of carbonyl (C=O) groups excluding carboxylic acids is 3. The molecule has 1 saturated carbocycles. The summed E-state index contributed by atoms with van der Waals surface area (Å²) in [5.41, 5.74) is 4.85. The Hall–Kier alpha value is -4.42. The van der Waals surface area contributed by atoms with Crippen molar-refractivity contribution >= 4 is 29.5 Å². The molecule has 3 aromatic carbocycles. The van der Waals surface area contributed by atoms with E-state index in [0.29, 0.717) is 44.5 Å². The van der Waals surface area contributed by atoms with E-state index in [4.69, 9.17) is 31.5 Å². The quantitative estimate of drug-likeness (QED) is 0.165. The summed E-state index contributed by atoms with van der Waals surface area (Å²) >= 11 is 6.63. The first-order valence-corrected chi connectivity index (χ1v) is 18.3. The summed E-state index contributed by atoms with van der Waals surface area (Å²) in [6.07, 6.45) is 3.01. The second kappa shape index (κ2) is 16.3. The summed E-state index contributed by atoms with van der Waals surface area (Å²) in [7, 11) is 3.07. The fourth-order valence-corrected chi connectivity index (χ4v) is 7.71. The van der Waals surface area contributed by atoms with Crippen molar-refractivity contribution in [3.05, 3.63) is 81.9 Å². The number of nitrogens with one attached hydrogen (secondary N) is 2. The average molecular weight is 755 g/mol. The van der Waals surface area contributed by atoms with Gasteiger partial charge in [0.2, 0.25) is 11.8 Å². The van der Waals surface area contributed by atoms with E-state index in [1.807, 2.05) is 37.3 Å². The highest BCUT2D eigenvalue weighted by molar-refractivity contribution is 6.34. The number of nitrogens with two attached hydrogens (primary N) is 1. The van der Waals surface area contributed by atoms with Gasteiger partial charge in [-0.15, -0.1) is 0 Å². The van der Waals surface area contributed by atoms with Gasteiger partial charge >= 0.3 is 6.09 Å². The van der Waals surface area contributed by atoms with E-state index in [1.165, 1.54) is 25.3 Å². The van der Waals surface area contributed by atoms with Crippen LogP contribution in [-0.2, 0) is 15.1 Å². The van der Waals surface area contributed by atoms with Crippen molar-refractivity contribution in [3.8, 4) is 22.6 Å². The van der Waals surface area contributed by atoms with Gasteiger partial charge in [-0.25, -0.2) is 13.6 Å². The van der Waals surface area contributed by atoms with E-state index in [0.717, 1.165) is 18.4 Å². The van der Waals surface area contributed by atoms with Crippen molar-refractivity contribution in [3.63, 3.8) is 0 Å². The van der Waals surface area contributed by atoms with Crippen molar-refractivity contribution in [2.45, 2.75) is 83.0 Å². The number of rotatable bonds is 12. The molecule has 1 fully saturated rings.